The number of halogens is 1. The van der Waals surface area contributed by atoms with E-state index >= 15 is 0 Å². The molecule has 0 aromatic carbocycles. The summed E-state index contributed by atoms with van der Waals surface area (Å²) in [5.41, 5.74) is -0.724. The first kappa shape index (κ1) is 13.2. The van der Waals surface area contributed by atoms with E-state index in [0.29, 0.717) is 6.42 Å². The van der Waals surface area contributed by atoms with Gasteiger partial charge in [-0.15, -0.1) is 21.9 Å². The minimum atomic E-state index is -3.47. The van der Waals surface area contributed by atoms with Crippen molar-refractivity contribution in [3.05, 3.63) is 0 Å². The van der Waals surface area contributed by atoms with E-state index in [0.717, 1.165) is 5.06 Å². The van der Waals surface area contributed by atoms with Gasteiger partial charge in [-0.05, 0) is 27.2 Å². The average Bonchev–Trinajstić information content (AvgIpc) is 2.30. The van der Waals surface area contributed by atoms with Crippen molar-refractivity contribution in [1.82, 2.24) is 9.79 Å². The second-order valence-electron chi connectivity index (χ2n) is 4.46. The Morgan fingerprint density at radius 1 is 1.53 bits per heavy atom. The molecule has 0 saturated carbocycles. The van der Waals surface area contributed by atoms with Gasteiger partial charge in [0.15, 0.2) is 0 Å². The molecule has 1 rings (SSSR count). The fraction of sp³-hybridized carbons (Fsp3) is 1.00. The standard InChI is InChI=1S/C8H16ClN2O3S/c1-6-4-7(8(2,3)11(6)12)10-15(13,14)5-9/h6-7,10H,4-5H2,1-3H3. The molecule has 1 aliphatic rings. The Hall–Kier alpha value is 0.120. The van der Waals surface area contributed by atoms with Crippen molar-refractivity contribution in [2.24, 2.45) is 0 Å². The van der Waals surface area contributed by atoms with Gasteiger partial charge in [0, 0.05) is 12.1 Å². The number of alkyl halides is 1. The number of hydrogen-bond acceptors (Lipinski definition) is 3. The van der Waals surface area contributed by atoms with Crippen LogP contribution in [-0.2, 0) is 15.2 Å². The van der Waals surface area contributed by atoms with Gasteiger partial charge in [-0.2, -0.15) is 0 Å². The molecule has 1 aliphatic heterocycles. The SMILES string of the molecule is CC1CC(NS(=O)(=O)CCl)C(C)(C)N1[O]. The maximum absolute atomic E-state index is 11.7. The molecule has 1 N–H and O–H groups in total. The Kier molecular flexibility index (Phi) is 3.67. The molecule has 0 amide bonds. The predicted octanol–water partition coefficient (Wildman–Crippen LogP) is 0.689. The topological polar surface area (TPSA) is 69.3 Å². The number of nitrogens with one attached hydrogen (secondary N) is 1. The molecule has 2 atom stereocenters. The van der Waals surface area contributed by atoms with Crippen LogP contribution in [0.4, 0.5) is 0 Å². The minimum Gasteiger partial charge on any atom is -0.211 e. The van der Waals surface area contributed by atoms with E-state index in [4.69, 9.17) is 11.6 Å². The molecule has 5 nitrogen and oxygen atoms in total. The van der Waals surface area contributed by atoms with Gasteiger partial charge in [0.25, 0.3) is 0 Å². The summed E-state index contributed by atoms with van der Waals surface area (Å²) < 4.78 is 25.0. The number of hydrogen-bond donors (Lipinski definition) is 1. The van der Waals surface area contributed by atoms with Gasteiger partial charge in [-0.3, -0.25) is 0 Å². The molecule has 1 fully saturated rings. The highest BCUT2D eigenvalue weighted by molar-refractivity contribution is 7.90. The first-order valence-corrected chi connectivity index (χ1v) is 6.92. The van der Waals surface area contributed by atoms with Gasteiger partial charge in [-0.1, -0.05) is 0 Å². The Labute approximate surface area is 95.4 Å². The van der Waals surface area contributed by atoms with Crippen molar-refractivity contribution in [3.8, 4) is 0 Å². The molecule has 0 aromatic heterocycles. The lowest BCUT2D eigenvalue weighted by Crippen LogP contribution is -2.51. The summed E-state index contributed by atoms with van der Waals surface area (Å²) in [6.07, 6.45) is 0.507. The van der Waals surface area contributed by atoms with Crippen LogP contribution in [0.15, 0.2) is 0 Å². The third kappa shape index (κ3) is 2.62. The quantitative estimate of drug-likeness (QED) is 0.755. The second-order valence-corrected chi connectivity index (χ2v) is 6.80. The summed E-state index contributed by atoms with van der Waals surface area (Å²) >= 11 is 5.30. The summed E-state index contributed by atoms with van der Waals surface area (Å²) in [6.45, 7) is 5.24. The Bertz CT molecular complexity index is 331. The third-order valence-electron chi connectivity index (χ3n) is 2.86. The van der Waals surface area contributed by atoms with E-state index in [1.807, 2.05) is 0 Å². The van der Waals surface area contributed by atoms with E-state index in [2.05, 4.69) is 4.72 Å². The lowest BCUT2D eigenvalue weighted by molar-refractivity contribution is -0.218. The number of hydroxylamine groups is 2. The van der Waals surface area contributed by atoms with Gasteiger partial charge in [0.05, 0.1) is 5.54 Å². The summed E-state index contributed by atoms with van der Waals surface area (Å²) in [6, 6.07) is -0.559. The van der Waals surface area contributed by atoms with Crippen LogP contribution < -0.4 is 4.72 Å². The second kappa shape index (κ2) is 4.18. The highest BCUT2D eigenvalue weighted by Crippen LogP contribution is 2.32. The normalized spacial score (nSPS) is 32.1. The minimum absolute atomic E-state index is 0.178. The summed E-state index contributed by atoms with van der Waals surface area (Å²) in [5.74, 6) is 0. The predicted molar refractivity (Wildman–Crippen MR) is 57.2 cm³/mol. The zero-order valence-electron chi connectivity index (χ0n) is 9.03. The van der Waals surface area contributed by atoms with Crippen LogP contribution in [0.3, 0.4) is 0 Å². The van der Waals surface area contributed by atoms with Gasteiger partial charge < -0.3 is 0 Å². The molecule has 0 bridgehead atoms. The fourth-order valence-electron chi connectivity index (χ4n) is 1.89. The van der Waals surface area contributed by atoms with Crippen LogP contribution in [0.25, 0.3) is 0 Å². The first-order valence-electron chi connectivity index (χ1n) is 4.73. The van der Waals surface area contributed by atoms with Crippen LogP contribution in [0, 0.1) is 0 Å². The molecule has 1 saturated heterocycles. The molecule has 15 heavy (non-hydrogen) atoms. The molecular weight excluding hydrogens is 240 g/mol. The Balaban J connectivity index is 2.81. The van der Waals surface area contributed by atoms with Crippen molar-refractivity contribution in [1.29, 1.82) is 0 Å². The van der Waals surface area contributed by atoms with E-state index in [9.17, 15) is 13.6 Å². The maximum atomic E-state index is 11.7. The fourth-order valence-corrected chi connectivity index (χ4v) is 2.96. The molecule has 2 unspecified atom stereocenters. The van der Waals surface area contributed by atoms with Gasteiger partial charge in [0.2, 0.25) is 10.0 Å². The lowest BCUT2D eigenvalue weighted by atomic mass is 9.98. The van der Waals surface area contributed by atoms with Crippen molar-refractivity contribution in [2.75, 3.05) is 5.21 Å². The molecule has 1 radical (unpaired) electrons. The van der Waals surface area contributed by atoms with Crippen LogP contribution in [0.5, 0.6) is 0 Å². The van der Waals surface area contributed by atoms with Crippen LogP contribution in [-0.4, -0.2) is 36.3 Å². The number of sulfonamides is 1. The molecule has 0 aromatic rings. The smallest absolute Gasteiger partial charge is 0.211 e. The summed E-state index contributed by atoms with van der Waals surface area (Å²) in [7, 11) is -3.47. The van der Waals surface area contributed by atoms with Crippen molar-refractivity contribution >= 4 is 21.6 Å². The molecule has 7 heteroatoms. The van der Waals surface area contributed by atoms with Crippen LogP contribution in [0.2, 0.25) is 0 Å². The van der Waals surface area contributed by atoms with Crippen molar-refractivity contribution < 1.29 is 13.6 Å². The van der Waals surface area contributed by atoms with E-state index in [1.54, 1.807) is 20.8 Å². The zero-order chi connectivity index (χ0) is 11.9. The van der Waals surface area contributed by atoms with Gasteiger partial charge in [-0.25, -0.2) is 13.1 Å². The highest BCUT2D eigenvalue weighted by atomic mass is 35.5. The van der Waals surface area contributed by atoms with Crippen LogP contribution in [0.1, 0.15) is 27.2 Å². The lowest BCUT2D eigenvalue weighted by Gasteiger charge is -2.30. The van der Waals surface area contributed by atoms with Crippen LogP contribution >= 0.6 is 11.6 Å². The van der Waals surface area contributed by atoms with E-state index < -0.39 is 20.8 Å². The Morgan fingerprint density at radius 2 is 2.07 bits per heavy atom. The van der Waals surface area contributed by atoms with E-state index in [-0.39, 0.29) is 12.1 Å². The maximum Gasteiger partial charge on any atom is 0.225 e. The monoisotopic (exact) mass is 255 g/mol. The van der Waals surface area contributed by atoms with Gasteiger partial charge in [0.1, 0.15) is 5.21 Å². The largest absolute Gasteiger partial charge is 0.225 e. The van der Waals surface area contributed by atoms with Crippen molar-refractivity contribution in [3.63, 3.8) is 0 Å². The summed E-state index contributed by atoms with van der Waals surface area (Å²) in [4.78, 5) is 0. The average molecular weight is 256 g/mol. The Morgan fingerprint density at radius 3 is 2.40 bits per heavy atom. The number of nitrogens with zero attached hydrogens (tertiary/aromatic N) is 1. The first-order chi connectivity index (χ1) is 6.70. The molecular formula is C8H16ClN2O3S. The number of rotatable bonds is 3. The molecule has 0 aliphatic carbocycles. The summed E-state index contributed by atoms with van der Waals surface area (Å²) in [5, 5.41) is 12.1. The molecule has 1 heterocycles. The van der Waals surface area contributed by atoms with Gasteiger partial charge >= 0.3 is 0 Å². The molecule has 0 spiro atoms. The molecule has 89 valence electrons. The zero-order valence-corrected chi connectivity index (χ0v) is 10.6. The highest BCUT2D eigenvalue weighted by Gasteiger charge is 2.47. The van der Waals surface area contributed by atoms with E-state index in [1.165, 1.54) is 0 Å². The van der Waals surface area contributed by atoms with Crippen molar-refractivity contribution in [2.45, 2.75) is 44.8 Å². The third-order valence-corrected chi connectivity index (χ3v) is 4.66.